The highest BCUT2D eigenvalue weighted by atomic mass is 35.5. The van der Waals surface area contributed by atoms with Crippen LogP contribution in [0.15, 0.2) is 17.2 Å². The molecular formula is C12H18ClN3O5S. The predicted molar refractivity (Wildman–Crippen MR) is 80.7 cm³/mol. The third-order valence-corrected chi connectivity index (χ3v) is 4.25. The van der Waals surface area contributed by atoms with Crippen molar-refractivity contribution in [2.45, 2.75) is 30.8 Å². The number of anilines is 1. The molecule has 0 saturated carbocycles. The van der Waals surface area contributed by atoms with Gasteiger partial charge >= 0.3 is 5.97 Å². The Balaban J connectivity index is 2.81. The molecule has 1 heterocycles. The highest BCUT2D eigenvalue weighted by Gasteiger charge is 2.28. The molecule has 1 aromatic heterocycles. The SMILES string of the molecule is CCOC(=O)C[C@](C)(O)CNS(=O)(=O)c1cc(Cl)cnc1N. The molecule has 22 heavy (non-hydrogen) atoms. The number of aliphatic hydroxyl groups is 1. The topological polar surface area (TPSA) is 132 Å². The highest BCUT2D eigenvalue weighted by molar-refractivity contribution is 7.89. The molecule has 8 nitrogen and oxygen atoms in total. The van der Waals surface area contributed by atoms with Gasteiger partial charge in [-0.3, -0.25) is 4.79 Å². The lowest BCUT2D eigenvalue weighted by Crippen LogP contribution is -2.42. The lowest BCUT2D eigenvalue weighted by Gasteiger charge is -2.22. The maximum Gasteiger partial charge on any atom is 0.308 e. The minimum absolute atomic E-state index is 0.104. The third kappa shape index (κ3) is 5.41. The number of esters is 1. The summed E-state index contributed by atoms with van der Waals surface area (Å²) in [6, 6.07) is 1.15. The summed E-state index contributed by atoms with van der Waals surface area (Å²) in [7, 11) is -4.03. The van der Waals surface area contributed by atoms with Crippen LogP contribution in [0.3, 0.4) is 0 Å². The van der Waals surface area contributed by atoms with E-state index in [1.54, 1.807) is 6.92 Å². The average molecular weight is 352 g/mol. The molecule has 0 fully saturated rings. The number of nitrogens with one attached hydrogen (secondary N) is 1. The first-order chi connectivity index (χ1) is 10.1. The molecule has 0 saturated heterocycles. The molecule has 0 radical (unpaired) electrons. The number of hydrogen-bond donors (Lipinski definition) is 3. The molecule has 4 N–H and O–H groups in total. The fourth-order valence-electron chi connectivity index (χ4n) is 1.56. The Bertz CT molecular complexity index is 648. The predicted octanol–water partition coefficient (Wildman–Crippen LogP) is 0.300. The third-order valence-electron chi connectivity index (χ3n) is 2.61. The number of rotatable bonds is 7. The maximum atomic E-state index is 12.1. The van der Waals surface area contributed by atoms with E-state index in [0.29, 0.717) is 0 Å². The first-order valence-electron chi connectivity index (χ1n) is 6.36. The zero-order valence-electron chi connectivity index (χ0n) is 12.2. The van der Waals surface area contributed by atoms with Gasteiger partial charge in [-0.2, -0.15) is 0 Å². The number of nitrogens with two attached hydrogens (primary N) is 1. The molecule has 0 bridgehead atoms. The van der Waals surface area contributed by atoms with Crippen molar-refractivity contribution in [1.82, 2.24) is 9.71 Å². The molecule has 0 spiro atoms. The minimum atomic E-state index is -4.03. The van der Waals surface area contributed by atoms with Crippen molar-refractivity contribution in [2.24, 2.45) is 0 Å². The summed E-state index contributed by atoms with van der Waals surface area (Å²) in [6.07, 6.45) is 0.861. The summed E-state index contributed by atoms with van der Waals surface area (Å²) in [5, 5.41) is 10.1. The van der Waals surface area contributed by atoms with Crippen molar-refractivity contribution >= 4 is 33.4 Å². The van der Waals surface area contributed by atoms with Gasteiger partial charge in [0.05, 0.1) is 23.7 Å². The number of nitrogen functional groups attached to an aromatic ring is 1. The fourth-order valence-corrected chi connectivity index (χ4v) is 3.05. The van der Waals surface area contributed by atoms with Gasteiger partial charge in [-0.05, 0) is 19.9 Å². The first kappa shape index (κ1) is 18.6. The lowest BCUT2D eigenvalue weighted by atomic mass is 10.0. The molecule has 1 rings (SSSR count). The highest BCUT2D eigenvalue weighted by Crippen LogP contribution is 2.20. The number of carbonyl (C=O) groups excluding carboxylic acids is 1. The number of aromatic nitrogens is 1. The molecule has 0 amide bonds. The summed E-state index contributed by atoms with van der Waals surface area (Å²) in [5.74, 6) is -0.849. The molecule has 1 atom stereocenters. The van der Waals surface area contributed by atoms with E-state index in [1.165, 1.54) is 13.1 Å². The van der Waals surface area contributed by atoms with Crippen LogP contribution in [0.1, 0.15) is 20.3 Å². The zero-order chi connectivity index (χ0) is 17.0. The van der Waals surface area contributed by atoms with Gasteiger partial charge in [-0.1, -0.05) is 11.6 Å². The molecule has 0 unspecified atom stereocenters. The van der Waals surface area contributed by atoms with Crippen LogP contribution in [-0.2, 0) is 19.6 Å². The standard InChI is InChI=1S/C12H18ClN3O5S/c1-3-21-10(17)5-12(2,18)7-16-22(19,20)9-4-8(13)6-15-11(9)14/h4,6,16,18H,3,5,7H2,1-2H3,(H2,14,15)/t12-/m0/s1. The van der Waals surface area contributed by atoms with Gasteiger partial charge in [0.2, 0.25) is 10.0 Å². The Hall–Kier alpha value is -1.42. The molecule has 0 aliphatic carbocycles. The minimum Gasteiger partial charge on any atom is -0.466 e. The second-order valence-electron chi connectivity index (χ2n) is 4.84. The van der Waals surface area contributed by atoms with Crippen LogP contribution in [0, 0.1) is 0 Å². The van der Waals surface area contributed by atoms with Crippen LogP contribution < -0.4 is 10.5 Å². The van der Waals surface area contributed by atoms with Gasteiger partial charge in [0, 0.05) is 12.7 Å². The van der Waals surface area contributed by atoms with Crippen LogP contribution in [-0.4, -0.2) is 43.2 Å². The Kier molecular flexibility index (Phi) is 6.12. The van der Waals surface area contributed by atoms with E-state index in [-0.39, 0.29) is 28.8 Å². The molecule has 0 aliphatic heterocycles. The number of halogens is 1. The van der Waals surface area contributed by atoms with E-state index in [0.717, 1.165) is 6.07 Å². The summed E-state index contributed by atoms with van der Waals surface area (Å²) in [5.41, 5.74) is 3.90. The number of carbonyl (C=O) groups is 1. The molecule has 0 aromatic carbocycles. The van der Waals surface area contributed by atoms with E-state index in [4.69, 9.17) is 22.1 Å². The number of nitrogens with zero attached hydrogens (tertiary/aromatic N) is 1. The second kappa shape index (κ2) is 7.23. The number of pyridine rings is 1. The van der Waals surface area contributed by atoms with Crippen molar-refractivity contribution in [2.75, 3.05) is 18.9 Å². The Labute approximate surface area is 133 Å². The quantitative estimate of drug-likeness (QED) is 0.602. The number of sulfonamides is 1. The Morgan fingerprint density at radius 2 is 2.23 bits per heavy atom. The van der Waals surface area contributed by atoms with Crippen molar-refractivity contribution in [3.8, 4) is 0 Å². The van der Waals surface area contributed by atoms with E-state index in [2.05, 4.69) is 9.71 Å². The van der Waals surface area contributed by atoms with Gasteiger partial charge in [-0.15, -0.1) is 0 Å². The van der Waals surface area contributed by atoms with Crippen LogP contribution in [0.25, 0.3) is 0 Å². The van der Waals surface area contributed by atoms with Gasteiger partial charge < -0.3 is 15.6 Å². The van der Waals surface area contributed by atoms with Crippen molar-refractivity contribution in [3.05, 3.63) is 17.3 Å². The molecule has 10 heteroatoms. The zero-order valence-corrected chi connectivity index (χ0v) is 13.7. The smallest absolute Gasteiger partial charge is 0.308 e. The normalized spacial score (nSPS) is 14.4. The summed E-state index contributed by atoms with van der Waals surface area (Å²) < 4.78 is 31.2. The van der Waals surface area contributed by atoms with Crippen LogP contribution in [0.2, 0.25) is 5.02 Å². The van der Waals surface area contributed by atoms with Crippen LogP contribution >= 0.6 is 11.6 Å². The van der Waals surface area contributed by atoms with Crippen LogP contribution in [0.5, 0.6) is 0 Å². The van der Waals surface area contributed by atoms with E-state index < -0.39 is 28.1 Å². The van der Waals surface area contributed by atoms with Gasteiger partial charge in [0.15, 0.2) is 0 Å². The molecular weight excluding hydrogens is 334 g/mol. The van der Waals surface area contributed by atoms with Gasteiger partial charge in [-0.25, -0.2) is 18.1 Å². The Morgan fingerprint density at radius 1 is 1.59 bits per heavy atom. The molecule has 1 aromatic rings. The van der Waals surface area contributed by atoms with Crippen molar-refractivity contribution < 1.29 is 23.1 Å². The first-order valence-corrected chi connectivity index (χ1v) is 8.22. The maximum absolute atomic E-state index is 12.1. The van der Waals surface area contributed by atoms with E-state index >= 15 is 0 Å². The lowest BCUT2D eigenvalue weighted by molar-refractivity contribution is -0.147. The monoisotopic (exact) mass is 351 g/mol. The summed E-state index contributed by atoms with van der Waals surface area (Å²) in [4.78, 5) is 14.7. The Morgan fingerprint density at radius 3 is 2.82 bits per heavy atom. The fraction of sp³-hybridized carbons (Fsp3) is 0.500. The van der Waals surface area contributed by atoms with Crippen LogP contribution in [0.4, 0.5) is 5.82 Å². The number of hydrogen-bond acceptors (Lipinski definition) is 7. The summed E-state index contributed by atoms with van der Waals surface area (Å²) >= 11 is 5.70. The van der Waals surface area contributed by atoms with Crippen molar-refractivity contribution in [1.29, 1.82) is 0 Å². The van der Waals surface area contributed by atoms with Gasteiger partial charge in [0.1, 0.15) is 10.7 Å². The van der Waals surface area contributed by atoms with Gasteiger partial charge in [0.25, 0.3) is 0 Å². The second-order valence-corrected chi connectivity index (χ2v) is 7.01. The number of ether oxygens (including phenoxy) is 1. The molecule has 0 aliphatic rings. The van der Waals surface area contributed by atoms with E-state index in [9.17, 15) is 18.3 Å². The average Bonchev–Trinajstić information content (AvgIpc) is 2.39. The largest absolute Gasteiger partial charge is 0.466 e. The summed E-state index contributed by atoms with van der Waals surface area (Å²) in [6.45, 7) is 2.71. The van der Waals surface area contributed by atoms with Crippen molar-refractivity contribution in [3.63, 3.8) is 0 Å². The molecule has 124 valence electrons. The van der Waals surface area contributed by atoms with E-state index in [1.807, 2.05) is 0 Å².